The van der Waals surface area contributed by atoms with Crippen molar-refractivity contribution < 1.29 is 14.3 Å². The molecule has 2 saturated heterocycles. The number of piperidine rings is 1. The van der Waals surface area contributed by atoms with Crippen LogP contribution in [0.5, 0.6) is 0 Å². The normalized spacial score (nSPS) is 24.1. The molecule has 2 aliphatic heterocycles. The summed E-state index contributed by atoms with van der Waals surface area (Å²) in [5.41, 5.74) is 2.93. The molecule has 0 aromatic heterocycles. The first-order chi connectivity index (χ1) is 15.1. The fraction of sp³-hybridized carbons (Fsp3) is 0.615. The van der Waals surface area contributed by atoms with E-state index in [0.29, 0.717) is 12.6 Å². The summed E-state index contributed by atoms with van der Waals surface area (Å²) in [5.74, 6) is 0.0886. The Hall–Kier alpha value is -2.34. The van der Waals surface area contributed by atoms with Crippen LogP contribution in [0.3, 0.4) is 0 Å². The first-order valence-corrected chi connectivity index (χ1v) is 11.8. The first-order valence-electron chi connectivity index (χ1n) is 11.8. The third kappa shape index (κ3) is 4.56. The third-order valence-corrected chi connectivity index (χ3v) is 7.25. The van der Waals surface area contributed by atoms with Gasteiger partial charge in [0.05, 0.1) is 0 Å². The van der Waals surface area contributed by atoms with E-state index in [9.17, 15) is 9.59 Å². The molecule has 32 heavy (non-hydrogen) atoms. The molecule has 1 unspecified atom stereocenters. The van der Waals surface area contributed by atoms with Gasteiger partial charge in [0, 0.05) is 32.2 Å². The SMILES string of the molecule is C=C(C)c1ccccc1C1C(=O)NCCN1C1CC2(CCN(C(=O)OC(C)(C)C)CC2)C1. The molecule has 0 bridgehead atoms. The summed E-state index contributed by atoms with van der Waals surface area (Å²) in [6, 6.07) is 8.29. The van der Waals surface area contributed by atoms with E-state index in [1.165, 1.54) is 0 Å². The van der Waals surface area contributed by atoms with Gasteiger partial charge in [-0.15, -0.1) is 0 Å². The van der Waals surface area contributed by atoms with Crippen LogP contribution in [0.1, 0.15) is 70.5 Å². The van der Waals surface area contributed by atoms with E-state index in [4.69, 9.17) is 4.74 Å². The van der Waals surface area contributed by atoms with Gasteiger partial charge in [0.2, 0.25) is 5.91 Å². The van der Waals surface area contributed by atoms with Gasteiger partial charge in [-0.1, -0.05) is 36.4 Å². The van der Waals surface area contributed by atoms with E-state index >= 15 is 0 Å². The number of ether oxygens (including phenoxy) is 1. The Balaban J connectivity index is 1.42. The Morgan fingerprint density at radius 2 is 1.81 bits per heavy atom. The smallest absolute Gasteiger partial charge is 0.410 e. The monoisotopic (exact) mass is 439 g/mol. The molecule has 1 saturated carbocycles. The van der Waals surface area contributed by atoms with Crippen LogP contribution < -0.4 is 5.32 Å². The number of nitrogens with one attached hydrogen (secondary N) is 1. The lowest BCUT2D eigenvalue weighted by Crippen LogP contribution is -2.61. The zero-order valence-corrected chi connectivity index (χ0v) is 19.9. The van der Waals surface area contributed by atoms with Crippen LogP contribution in [-0.4, -0.2) is 59.6 Å². The molecule has 1 aromatic carbocycles. The molecule has 1 atom stereocenters. The molecular formula is C26H37N3O3. The molecule has 3 fully saturated rings. The van der Waals surface area contributed by atoms with Gasteiger partial charge < -0.3 is 15.0 Å². The van der Waals surface area contributed by atoms with E-state index in [-0.39, 0.29) is 23.5 Å². The minimum Gasteiger partial charge on any atom is -0.444 e. The molecule has 174 valence electrons. The summed E-state index contributed by atoms with van der Waals surface area (Å²) in [6.07, 6.45) is 4.00. The third-order valence-electron chi connectivity index (χ3n) is 7.25. The molecule has 1 aliphatic carbocycles. The Bertz CT molecular complexity index is 888. The number of rotatable bonds is 3. The molecule has 4 rings (SSSR count). The van der Waals surface area contributed by atoms with Crippen molar-refractivity contribution in [1.29, 1.82) is 0 Å². The standard InChI is InChI=1S/C26H37N3O3/c1-18(2)20-8-6-7-9-21(20)22-23(30)27-12-15-29(22)19-16-26(17-19)10-13-28(14-11-26)24(31)32-25(3,4)5/h6-9,19,22H,1,10-17H2,2-5H3,(H,27,30). The number of nitrogens with zero attached hydrogens (tertiary/aromatic N) is 2. The highest BCUT2D eigenvalue weighted by Crippen LogP contribution is 2.52. The Morgan fingerprint density at radius 1 is 1.16 bits per heavy atom. The van der Waals surface area contributed by atoms with Gasteiger partial charge in [0.1, 0.15) is 11.6 Å². The number of allylic oxidation sites excluding steroid dienone is 1. The lowest BCUT2D eigenvalue weighted by Gasteiger charge is -2.57. The van der Waals surface area contributed by atoms with Crippen molar-refractivity contribution in [3.8, 4) is 0 Å². The zero-order chi connectivity index (χ0) is 23.1. The van der Waals surface area contributed by atoms with E-state index in [1.807, 2.05) is 44.7 Å². The van der Waals surface area contributed by atoms with Crippen molar-refractivity contribution >= 4 is 17.6 Å². The molecule has 1 N–H and O–H groups in total. The van der Waals surface area contributed by atoms with Crippen molar-refractivity contribution in [2.45, 2.75) is 71.1 Å². The molecule has 2 heterocycles. The average molecular weight is 440 g/mol. The Kier molecular flexibility index (Phi) is 6.10. The summed E-state index contributed by atoms with van der Waals surface area (Å²) in [4.78, 5) is 29.7. The summed E-state index contributed by atoms with van der Waals surface area (Å²) < 4.78 is 5.55. The van der Waals surface area contributed by atoms with Gasteiger partial charge in [-0.25, -0.2) is 4.79 Å². The van der Waals surface area contributed by atoms with E-state index in [1.54, 1.807) is 0 Å². The summed E-state index contributed by atoms with van der Waals surface area (Å²) in [6.45, 7) is 14.9. The van der Waals surface area contributed by atoms with Crippen molar-refractivity contribution in [3.63, 3.8) is 0 Å². The van der Waals surface area contributed by atoms with Crippen LogP contribution in [0, 0.1) is 5.41 Å². The molecule has 1 spiro atoms. The van der Waals surface area contributed by atoms with Gasteiger partial charge in [0.25, 0.3) is 0 Å². The highest BCUT2D eigenvalue weighted by molar-refractivity contribution is 5.86. The second-order valence-electron chi connectivity index (χ2n) is 10.8. The molecule has 1 aromatic rings. The summed E-state index contributed by atoms with van der Waals surface area (Å²) >= 11 is 0. The number of hydrogen-bond acceptors (Lipinski definition) is 4. The Labute approximate surface area is 192 Å². The van der Waals surface area contributed by atoms with Crippen molar-refractivity contribution in [2.24, 2.45) is 5.41 Å². The number of hydrogen-bond donors (Lipinski definition) is 1. The largest absolute Gasteiger partial charge is 0.444 e. The van der Waals surface area contributed by atoms with Crippen LogP contribution in [0.2, 0.25) is 0 Å². The van der Waals surface area contributed by atoms with Crippen molar-refractivity contribution in [2.75, 3.05) is 26.2 Å². The Morgan fingerprint density at radius 3 is 2.44 bits per heavy atom. The first kappa shape index (κ1) is 22.8. The lowest BCUT2D eigenvalue weighted by molar-refractivity contribution is -0.136. The van der Waals surface area contributed by atoms with E-state index in [0.717, 1.165) is 62.0 Å². The van der Waals surface area contributed by atoms with Crippen LogP contribution >= 0.6 is 0 Å². The molecular weight excluding hydrogens is 402 g/mol. The number of carbonyl (C=O) groups is 2. The predicted molar refractivity (Wildman–Crippen MR) is 126 cm³/mol. The van der Waals surface area contributed by atoms with E-state index < -0.39 is 5.60 Å². The topological polar surface area (TPSA) is 61.9 Å². The summed E-state index contributed by atoms with van der Waals surface area (Å²) in [7, 11) is 0. The van der Waals surface area contributed by atoms with Crippen molar-refractivity contribution in [1.82, 2.24) is 15.1 Å². The summed E-state index contributed by atoms with van der Waals surface area (Å²) in [5, 5.41) is 3.07. The molecule has 2 amide bonds. The van der Waals surface area contributed by atoms with Gasteiger partial charge in [-0.2, -0.15) is 0 Å². The quantitative estimate of drug-likeness (QED) is 0.760. The molecule has 0 radical (unpaired) electrons. The van der Waals surface area contributed by atoms with Gasteiger partial charge in [-0.05, 0) is 69.9 Å². The van der Waals surface area contributed by atoms with Crippen molar-refractivity contribution in [3.05, 3.63) is 42.0 Å². The minimum absolute atomic E-state index is 0.0886. The average Bonchev–Trinajstić information content (AvgIpc) is 2.70. The molecule has 6 nitrogen and oxygen atoms in total. The van der Waals surface area contributed by atoms with Crippen LogP contribution in [0.4, 0.5) is 4.79 Å². The maximum absolute atomic E-state index is 13.0. The van der Waals surface area contributed by atoms with Crippen LogP contribution in [-0.2, 0) is 9.53 Å². The van der Waals surface area contributed by atoms with Crippen LogP contribution in [0.25, 0.3) is 5.57 Å². The molecule has 3 aliphatic rings. The number of likely N-dealkylation sites (tertiary alicyclic amines) is 1. The van der Waals surface area contributed by atoms with E-state index in [2.05, 4.69) is 28.9 Å². The lowest BCUT2D eigenvalue weighted by atomic mass is 9.59. The van der Waals surface area contributed by atoms with Gasteiger partial charge in [-0.3, -0.25) is 9.69 Å². The molecule has 6 heteroatoms. The fourth-order valence-electron chi connectivity index (χ4n) is 5.59. The second-order valence-corrected chi connectivity index (χ2v) is 10.8. The minimum atomic E-state index is -0.461. The zero-order valence-electron chi connectivity index (χ0n) is 19.9. The van der Waals surface area contributed by atoms with Gasteiger partial charge in [0.15, 0.2) is 0 Å². The number of carbonyl (C=O) groups excluding carboxylic acids is 2. The number of amides is 2. The number of benzene rings is 1. The highest BCUT2D eigenvalue weighted by atomic mass is 16.6. The highest BCUT2D eigenvalue weighted by Gasteiger charge is 2.51. The van der Waals surface area contributed by atoms with Gasteiger partial charge >= 0.3 is 6.09 Å². The second kappa shape index (κ2) is 8.54. The maximum Gasteiger partial charge on any atom is 0.410 e. The number of piperazine rings is 1. The maximum atomic E-state index is 13.0. The van der Waals surface area contributed by atoms with Crippen LogP contribution in [0.15, 0.2) is 30.8 Å². The predicted octanol–water partition coefficient (Wildman–Crippen LogP) is 4.37. The fourth-order valence-corrected chi connectivity index (χ4v) is 5.59.